The summed E-state index contributed by atoms with van der Waals surface area (Å²) in [4.78, 5) is 11.2. The number of hydrogen-bond donors (Lipinski definition) is 2. The molecule has 0 aromatic heterocycles. The topological polar surface area (TPSA) is 64.3 Å². The van der Waals surface area contributed by atoms with Gasteiger partial charge in [-0.1, -0.05) is 12.1 Å². The van der Waals surface area contributed by atoms with E-state index in [0.717, 1.165) is 0 Å². The zero-order valence-corrected chi connectivity index (χ0v) is 11.4. The van der Waals surface area contributed by atoms with Crippen LogP contribution >= 0.6 is 12.4 Å². The van der Waals surface area contributed by atoms with E-state index in [1.807, 2.05) is 5.32 Å². The van der Waals surface area contributed by atoms with Gasteiger partial charge in [-0.05, 0) is 12.1 Å². The van der Waals surface area contributed by atoms with Gasteiger partial charge in [0.1, 0.15) is 0 Å². The average Bonchev–Trinajstić information content (AvgIpc) is 2.39. The van der Waals surface area contributed by atoms with Crippen molar-refractivity contribution in [1.82, 2.24) is 5.32 Å². The third-order valence-corrected chi connectivity index (χ3v) is 2.27. The van der Waals surface area contributed by atoms with Gasteiger partial charge in [0.25, 0.3) is 5.92 Å². The van der Waals surface area contributed by atoms with Crippen molar-refractivity contribution in [3.63, 3.8) is 0 Å². The number of alkyl halides is 2. The summed E-state index contributed by atoms with van der Waals surface area (Å²) in [6.45, 7) is -1.75. The molecule has 0 spiro atoms. The predicted octanol–water partition coefficient (Wildman–Crippen LogP) is 1.73. The van der Waals surface area contributed by atoms with Crippen LogP contribution in [0.15, 0.2) is 24.3 Å². The normalized spacial score (nSPS) is 10.6. The molecule has 0 saturated carbocycles. The number of carbonyl (C=O) groups is 1. The smallest absolute Gasteiger partial charge is 0.277 e. The number of nitrogens with two attached hydrogens (primary N) is 1. The number of halogens is 4. The fourth-order valence-electron chi connectivity index (χ4n) is 1.20. The molecule has 0 fully saturated rings. The van der Waals surface area contributed by atoms with E-state index >= 15 is 0 Å². The minimum atomic E-state index is -3.12. The standard InChI is InChI=1S/C12H15F3N2O2.ClH/c13-9-3-1-2-4-10(9)19-6-5-11(18)17-8-12(14,15)7-16;/h1-4H,5-8,16H2,(H,17,18);1H. The first-order valence-corrected chi connectivity index (χ1v) is 5.66. The number of amides is 1. The number of carbonyl (C=O) groups excluding carboxylic acids is 1. The van der Waals surface area contributed by atoms with Crippen molar-refractivity contribution in [1.29, 1.82) is 0 Å². The van der Waals surface area contributed by atoms with E-state index < -0.39 is 30.7 Å². The fourth-order valence-corrected chi connectivity index (χ4v) is 1.20. The van der Waals surface area contributed by atoms with Gasteiger partial charge in [0.2, 0.25) is 5.91 Å². The molecular formula is C12H16ClF3N2O2. The minimum Gasteiger partial charge on any atom is -0.490 e. The van der Waals surface area contributed by atoms with Gasteiger partial charge in [-0.15, -0.1) is 12.4 Å². The number of para-hydroxylation sites is 1. The van der Waals surface area contributed by atoms with Gasteiger partial charge < -0.3 is 15.8 Å². The second-order valence-corrected chi connectivity index (χ2v) is 3.87. The van der Waals surface area contributed by atoms with E-state index in [9.17, 15) is 18.0 Å². The first-order chi connectivity index (χ1) is 8.94. The lowest BCUT2D eigenvalue weighted by atomic mass is 10.3. The monoisotopic (exact) mass is 312 g/mol. The average molecular weight is 313 g/mol. The highest BCUT2D eigenvalue weighted by molar-refractivity contribution is 5.85. The van der Waals surface area contributed by atoms with Crippen molar-refractivity contribution in [2.75, 3.05) is 19.7 Å². The first kappa shape index (κ1) is 18.5. The molecule has 1 amide bonds. The summed E-state index contributed by atoms with van der Waals surface area (Å²) in [6.07, 6.45) is -0.144. The summed E-state index contributed by atoms with van der Waals surface area (Å²) in [5.74, 6) is -4.26. The Bertz CT molecular complexity index is 433. The Morgan fingerprint density at radius 3 is 2.60 bits per heavy atom. The van der Waals surface area contributed by atoms with Crippen LogP contribution in [-0.2, 0) is 4.79 Å². The highest BCUT2D eigenvalue weighted by Crippen LogP contribution is 2.15. The summed E-state index contributed by atoms with van der Waals surface area (Å²) >= 11 is 0. The highest BCUT2D eigenvalue weighted by Gasteiger charge is 2.26. The Kier molecular flexibility index (Phi) is 8.02. The second-order valence-electron chi connectivity index (χ2n) is 3.87. The lowest BCUT2D eigenvalue weighted by molar-refractivity contribution is -0.123. The van der Waals surface area contributed by atoms with Crippen LogP contribution in [0.25, 0.3) is 0 Å². The lowest BCUT2D eigenvalue weighted by Crippen LogP contribution is -2.41. The van der Waals surface area contributed by atoms with E-state index in [0.29, 0.717) is 0 Å². The van der Waals surface area contributed by atoms with E-state index in [-0.39, 0.29) is 31.2 Å². The second kappa shape index (κ2) is 8.65. The molecule has 8 heteroatoms. The zero-order valence-electron chi connectivity index (χ0n) is 10.6. The van der Waals surface area contributed by atoms with Crippen LogP contribution in [0.3, 0.4) is 0 Å². The van der Waals surface area contributed by atoms with Gasteiger partial charge in [-0.3, -0.25) is 4.79 Å². The van der Waals surface area contributed by atoms with Crippen LogP contribution in [0, 0.1) is 5.82 Å². The molecule has 1 aromatic carbocycles. The molecule has 20 heavy (non-hydrogen) atoms. The molecule has 3 N–H and O–H groups in total. The third-order valence-electron chi connectivity index (χ3n) is 2.27. The minimum absolute atomic E-state index is 0. The van der Waals surface area contributed by atoms with Gasteiger partial charge in [0, 0.05) is 0 Å². The molecular weight excluding hydrogens is 297 g/mol. The predicted molar refractivity (Wildman–Crippen MR) is 70.8 cm³/mol. The number of ether oxygens (including phenoxy) is 1. The lowest BCUT2D eigenvalue weighted by Gasteiger charge is -2.14. The van der Waals surface area contributed by atoms with Crippen LogP contribution < -0.4 is 15.8 Å². The molecule has 0 atom stereocenters. The van der Waals surface area contributed by atoms with Gasteiger partial charge >= 0.3 is 0 Å². The maximum Gasteiger partial charge on any atom is 0.277 e. The molecule has 0 heterocycles. The van der Waals surface area contributed by atoms with Crippen molar-refractivity contribution in [3.05, 3.63) is 30.1 Å². The molecule has 0 bridgehead atoms. The molecule has 114 valence electrons. The molecule has 0 aliphatic rings. The molecule has 0 aliphatic carbocycles. The van der Waals surface area contributed by atoms with E-state index in [4.69, 9.17) is 10.5 Å². The third kappa shape index (κ3) is 6.63. The molecule has 4 nitrogen and oxygen atoms in total. The van der Waals surface area contributed by atoms with Gasteiger partial charge in [0.15, 0.2) is 11.6 Å². The molecule has 1 rings (SSSR count). The van der Waals surface area contributed by atoms with Crippen LogP contribution in [0.4, 0.5) is 13.2 Å². The summed E-state index contributed by atoms with van der Waals surface area (Å²) in [5, 5.41) is 2.03. The van der Waals surface area contributed by atoms with Crippen molar-refractivity contribution < 1.29 is 22.7 Å². The van der Waals surface area contributed by atoms with Crippen molar-refractivity contribution >= 4 is 18.3 Å². The van der Waals surface area contributed by atoms with Crippen LogP contribution in [-0.4, -0.2) is 31.5 Å². The Morgan fingerprint density at radius 1 is 1.35 bits per heavy atom. The largest absolute Gasteiger partial charge is 0.490 e. The Morgan fingerprint density at radius 2 is 2.00 bits per heavy atom. The van der Waals surface area contributed by atoms with Gasteiger partial charge in [-0.25, -0.2) is 13.2 Å². The van der Waals surface area contributed by atoms with Gasteiger partial charge in [0.05, 0.1) is 26.1 Å². The Hall–Kier alpha value is -1.47. The van der Waals surface area contributed by atoms with E-state index in [1.165, 1.54) is 18.2 Å². The summed E-state index contributed by atoms with van der Waals surface area (Å²) in [5.41, 5.74) is 4.82. The SMILES string of the molecule is Cl.NCC(F)(F)CNC(=O)CCOc1ccccc1F. The molecule has 0 unspecified atom stereocenters. The van der Waals surface area contributed by atoms with Crippen molar-refractivity contribution in [3.8, 4) is 5.75 Å². The van der Waals surface area contributed by atoms with Crippen LogP contribution in [0.2, 0.25) is 0 Å². The quantitative estimate of drug-likeness (QED) is 0.806. The molecule has 0 aliphatic heterocycles. The number of rotatable bonds is 7. The van der Waals surface area contributed by atoms with Crippen LogP contribution in [0.5, 0.6) is 5.75 Å². The summed E-state index contributed by atoms with van der Waals surface area (Å²) in [7, 11) is 0. The fraction of sp³-hybridized carbons (Fsp3) is 0.417. The van der Waals surface area contributed by atoms with Crippen LogP contribution in [0.1, 0.15) is 6.42 Å². The molecule has 0 saturated heterocycles. The molecule has 0 radical (unpaired) electrons. The maximum absolute atomic E-state index is 13.1. The van der Waals surface area contributed by atoms with Crippen molar-refractivity contribution in [2.45, 2.75) is 12.3 Å². The maximum atomic E-state index is 13.1. The highest BCUT2D eigenvalue weighted by atomic mass is 35.5. The zero-order chi connectivity index (χ0) is 14.3. The van der Waals surface area contributed by atoms with E-state index in [2.05, 4.69) is 0 Å². The summed E-state index contributed by atoms with van der Waals surface area (Å²) in [6, 6.07) is 5.72. The molecule has 1 aromatic rings. The van der Waals surface area contributed by atoms with Gasteiger partial charge in [-0.2, -0.15) is 0 Å². The first-order valence-electron chi connectivity index (χ1n) is 5.66. The number of nitrogens with one attached hydrogen (secondary N) is 1. The Balaban J connectivity index is 0.00000361. The Labute approximate surface area is 120 Å². The number of benzene rings is 1. The summed E-state index contributed by atoms with van der Waals surface area (Å²) < 4.78 is 43.6. The van der Waals surface area contributed by atoms with Crippen molar-refractivity contribution in [2.24, 2.45) is 5.73 Å². The van der Waals surface area contributed by atoms with E-state index in [1.54, 1.807) is 6.07 Å². The number of hydrogen-bond acceptors (Lipinski definition) is 3.